The monoisotopic (exact) mass is 192 g/mol. The molecular weight excluding hydrogens is 183 g/mol. The molecule has 0 aromatic heterocycles. The van der Waals surface area contributed by atoms with Crippen LogP contribution in [0, 0.1) is 18.2 Å². The molecule has 72 valence electrons. The quantitative estimate of drug-likeness (QED) is 0.537. The molecule has 0 unspecified atom stereocenters. The van der Waals surface area contributed by atoms with E-state index in [9.17, 15) is 9.18 Å². The van der Waals surface area contributed by atoms with Crippen molar-refractivity contribution < 1.29 is 9.18 Å². The third-order valence-electron chi connectivity index (χ3n) is 1.61. The van der Waals surface area contributed by atoms with Crippen LogP contribution in [0.1, 0.15) is 10.4 Å². The van der Waals surface area contributed by atoms with Gasteiger partial charge in [0.15, 0.2) is 0 Å². The molecule has 4 heteroatoms. The maximum Gasteiger partial charge on any atom is 0.252 e. The van der Waals surface area contributed by atoms with Crippen LogP contribution in [0.25, 0.3) is 0 Å². The lowest BCUT2D eigenvalue weighted by Gasteiger charge is -2.02. The molecule has 0 aliphatic heterocycles. The highest BCUT2D eigenvalue weighted by molar-refractivity contribution is 5.94. The summed E-state index contributed by atoms with van der Waals surface area (Å²) in [6.07, 6.45) is 4.95. The van der Waals surface area contributed by atoms with Gasteiger partial charge in [-0.2, -0.15) is 0 Å². The molecule has 3 N–H and O–H groups in total. The zero-order valence-electron chi connectivity index (χ0n) is 7.38. The van der Waals surface area contributed by atoms with E-state index in [1.807, 2.05) is 0 Å². The molecule has 1 rings (SSSR count). The van der Waals surface area contributed by atoms with E-state index in [4.69, 9.17) is 12.2 Å². The van der Waals surface area contributed by atoms with Crippen molar-refractivity contribution in [3.05, 3.63) is 29.6 Å². The number of rotatable bonds is 2. The smallest absolute Gasteiger partial charge is 0.252 e. The van der Waals surface area contributed by atoms with Gasteiger partial charge >= 0.3 is 0 Å². The molecule has 0 radical (unpaired) electrons. The molecule has 1 aromatic rings. The van der Waals surface area contributed by atoms with E-state index in [-0.39, 0.29) is 17.8 Å². The molecule has 0 saturated carbocycles. The van der Waals surface area contributed by atoms with Crippen LogP contribution < -0.4 is 11.1 Å². The Morgan fingerprint density at radius 3 is 2.93 bits per heavy atom. The zero-order chi connectivity index (χ0) is 10.6. The summed E-state index contributed by atoms with van der Waals surface area (Å²) in [7, 11) is 0. The minimum atomic E-state index is -0.613. The van der Waals surface area contributed by atoms with Crippen molar-refractivity contribution in [3.63, 3.8) is 0 Å². The van der Waals surface area contributed by atoms with Crippen LogP contribution >= 0.6 is 0 Å². The van der Waals surface area contributed by atoms with Crippen LogP contribution in [0.2, 0.25) is 0 Å². The van der Waals surface area contributed by atoms with Crippen LogP contribution in [0.4, 0.5) is 10.1 Å². The fourth-order valence-electron chi connectivity index (χ4n) is 0.902. The minimum Gasteiger partial charge on any atom is -0.396 e. The van der Waals surface area contributed by atoms with Crippen LogP contribution in [-0.2, 0) is 0 Å². The molecule has 0 aliphatic carbocycles. The second kappa shape index (κ2) is 4.28. The summed E-state index contributed by atoms with van der Waals surface area (Å²) in [4.78, 5) is 11.3. The van der Waals surface area contributed by atoms with Gasteiger partial charge in [-0.15, -0.1) is 6.42 Å². The second-order valence-corrected chi connectivity index (χ2v) is 2.62. The van der Waals surface area contributed by atoms with Crippen molar-refractivity contribution in [1.82, 2.24) is 5.32 Å². The SMILES string of the molecule is C#CCNC(=O)c1ccc(N)c(F)c1. The Bertz CT molecular complexity index is 396. The van der Waals surface area contributed by atoms with Crippen LogP contribution in [0.5, 0.6) is 0 Å². The number of nitrogen functional groups attached to an aromatic ring is 1. The molecule has 14 heavy (non-hydrogen) atoms. The number of amides is 1. The number of hydrogen-bond donors (Lipinski definition) is 2. The molecular formula is C10H9FN2O. The predicted octanol–water partition coefficient (Wildman–Crippen LogP) is 0.771. The summed E-state index contributed by atoms with van der Waals surface area (Å²) in [5.41, 5.74) is 5.46. The minimum absolute atomic E-state index is 0.0125. The Balaban J connectivity index is 2.82. The van der Waals surface area contributed by atoms with Gasteiger partial charge in [-0.25, -0.2) is 4.39 Å². The van der Waals surface area contributed by atoms with Crippen LogP contribution in [0.3, 0.4) is 0 Å². The number of carbonyl (C=O) groups is 1. The number of anilines is 1. The molecule has 0 atom stereocenters. The van der Waals surface area contributed by atoms with Crippen molar-refractivity contribution in [3.8, 4) is 12.3 Å². The first-order valence-electron chi connectivity index (χ1n) is 3.92. The summed E-state index contributed by atoms with van der Waals surface area (Å²) in [6.45, 7) is 0.116. The average Bonchev–Trinajstić information content (AvgIpc) is 2.18. The average molecular weight is 192 g/mol. The summed E-state index contributed by atoms with van der Waals surface area (Å²) in [5.74, 6) is 1.22. The number of benzene rings is 1. The number of nitrogens with two attached hydrogens (primary N) is 1. The lowest BCUT2D eigenvalue weighted by molar-refractivity contribution is 0.0958. The first-order chi connectivity index (χ1) is 6.65. The Morgan fingerprint density at radius 1 is 1.64 bits per heavy atom. The number of terminal acetylenes is 1. The van der Waals surface area contributed by atoms with Gasteiger partial charge in [0.25, 0.3) is 5.91 Å². The normalized spacial score (nSPS) is 9.14. The van der Waals surface area contributed by atoms with Crippen molar-refractivity contribution >= 4 is 11.6 Å². The van der Waals surface area contributed by atoms with Gasteiger partial charge in [-0.05, 0) is 18.2 Å². The number of halogens is 1. The van der Waals surface area contributed by atoms with Gasteiger partial charge in [0.1, 0.15) is 5.82 Å². The summed E-state index contributed by atoms with van der Waals surface area (Å²) in [5, 5.41) is 2.41. The van der Waals surface area contributed by atoms with Gasteiger partial charge in [0, 0.05) is 5.56 Å². The molecule has 1 aromatic carbocycles. The highest BCUT2D eigenvalue weighted by Gasteiger charge is 2.06. The maximum atomic E-state index is 12.9. The summed E-state index contributed by atoms with van der Waals surface area (Å²) in [6, 6.07) is 3.84. The fourth-order valence-corrected chi connectivity index (χ4v) is 0.902. The first-order valence-corrected chi connectivity index (χ1v) is 3.92. The first kappa shape index (κ1) is 10.1. The van der Waals surface area contributed by atoms with E-state index in [2.05, 4.69) is 11.2 Å². The summed E-state index contributed by atoms with van der Waals surface area (Å²) >= 11 is 0. The van der Waals surface area contributed by atoms with Gasteiger partial charge < -0.3 is 11.1 Å². The third kappa shape index (κ3) is 2.23. The van der Waals surface area contributed by atoms with Crippen molar-refractivity contribution in [2.24, 2.45) is 0 Å². The molecule has 0 spiro atoms. The zero-order valence-corrected chi connectivity index (χ0v) is 7.38. The van der Waals surface area contributed by atoms with E-state index >= 15 is 0 Å². The molecule has 0 bridgehead atoms. The van der Waals surface area contributed by atoms with Crippen LogP contribution in [0.15, 0.2) is 18.2 Å². The topological polar surface area (TPSA) is 55.1 Å². The van der Waals surface area contributed by atoms with Gasteiger partial charge in [-0.1, -0.05) is 5.92 Å². The predicted molar refractivity (Wildman–Crippen MR) is 52.0 cm³/mol. The molecule has 0 heterocycles. The Kier molecular flexibility index (Phi) is 3.08. The standard InChI is InChI=1S/C10H9FN2O/c1-2-5-13-10(14)7-3-4-9(12)8(11)6-7/h1,3-4,6H,5,12H2,(H,13,14). The molecule has 1 amide bonds. The highest BCUT2D eigenvalue weighted by atomic mass is 19.1. The fraction of sp³-hybridized carbons (Fsp3) is 0.100. The molecule has 0 aliphatic rings. The number of nitrogens with one attached hydrogen (secondary N) is 1. The van der Waals surface area contributed by atoms with Crippen molar-refractivity contribution in [1.29, 1.82) is 0 Å². The van der Waals surface area contributed by atoms with E-state index in [0.29, 0.717) is 0 Å². The molecule has 3 nitrogen and oxygen atoms in total. The van der Waals surface area contributed by atoms with Gasteiger partial charge in [-0.3, -0.25) is 4.79 Å². The Hall–Kier alpha value is -2.02. The lowest BCUT2D eigenvalue weighted by Crippen LogP contribution is -2.23. The van der Waals surface area contributed by atoms with Crippen molar-refractivity contribution in [2.45, 2.75) is 0 Å². The van der Waals surface area contributed by atoms with E-state index in [0.717, 1.165) is 6.07 Å². The third-order valence-corrected chi connectivity index (χ3v) is 1.61. The van der Waals surface area contributed by atoms with Gasteiger partial charge in [0.05, 0.1) is 12.2 Å². The largest absolute Gasteiger partial charge is 0.396 e. The molecule has 0 fully saturated rings. The number of hydrogen-bond acceptors (Lipinski definition) is 2. The van der Waals surface area contributed by atoms with Crippen molar-refractivity contribution in [2.75, 3.05) is 12.3 Å². The number of carbonyl (C=O) groups excluding carboxylic acids is 1. The second-order valence-electron chi connectivity index (χ2n) is 2.62. The van der Waals surface area contributed by atoms with E-state index < -0.39 is 11.7 Å². The van der Waals surface area contributed by atoms with E-state index in [1.165, 1.54) is 12.1 Å². The van der Waals surface area contributed by atoms with Gasteiger partial charge in [0.2, 0.25) is 0 Å². The Labute approximate surface area is 81.1 Å². The lowest BCUT2D eigenvalue weighted by atomic mass is 10.2. The summed E-state index contributed by atoms with van der Waals surface area (Å²) < 4.78 is 12.9. The Morgan fingerprint density at radius 2 is 2.36 bits per heavy atom. The van der Waals surface area contributed by atoms with Crippen LogP contribution in [-0.4, -0.2) is 12.5 Å². The van der Waals surface area contributed by atoms with E-state index in [1.54, 1.807) is 0 Å². The highest BCUT2D eigenvalue weighted by Crippen LogP contribution is 2.11. The maximum absolute atomic E-state index is 12.9. The molecule has 0 saturated heterocycles.